The largest absolute Gasteiger partial charge is 0.491 e. The van der Waals surface area contributed by atoms with Gasteiger partial charge in [-0.2, -0.15) is 0 Å². The number of amides is 2. The Labute approximate surface area is 180 Å². The van der Waals surface area contributed by atoms with Crippen LogP contribution in [-0.4, -0.2) is 47.2 Å². The lowest BCUT2D eigenvalue weighted by atomic mass is 10.2. The minimum atomic E-state index is -0.261. The second-order valence-corrected chi connectivity index (χ2v) is 8.83. The molecule has 3 heterocycles. The Bertz CT molecular complexity index is 898. The average Bonchev–Trinajstić information content (AvgIpc) is 3.46. The van der Waals surface area contributed by atoms with Crippen molar-refractivity contribution in [2.45, 2.75) is 58.2 Å². The number of rotatable bonds is 7. The van der Waals surface area contributed by atoms with Crippen LogP contribution in [0.3, 0.4) is 0 Å². The average molecular weight is 430 g/mol. The highest BCUT2D eigenvalue weighted by molar-refractivity contribution is 7.19. The summed E-state index contributed by atoms with van der Waals surface area (Å²) in [6.45, 7) is 5.91. The summed E-state index contributed by atoms with van der Waals surface area (Å²) in [4.78, 5) is 28.5. The van der Waals surface area contributed by atoms with Crippen LogP contribution in [0.4, 0.5) is 10.3 Å². The van der Waals surface area contributed by atoms with Gasteiger partial charge in [-0.3, -0.25) is 14.5 Å². The Morgan fingerprint density at radius 2 is 1.97 bits per heavy atom. The van der Waals surface area contributed by atoms with Gasteiger partial charge >= 0.3 is 0 Å². The molecule has 0 saturated carbocycles. The number of hydrogen-bond donors (Lipinski definition) is 1. The molecule has 2 amide bonds. The zero-order valence-electron chi connectivity index (χ0n) is 17.3. The lowest BCUT2D eigenvalue weighted by Crippen LogP contribution is -2.43. The molecule has 30 heavy (non-hydrogen) atoms. The zero-order chi connectivity index (χ0) is 21.1. The maximum Gasteiger partial charge on any atom is 0.243 e. The van der Waals surface area contributed by atoms with Gasteiger partial charge in [0.05, 0.1) is 6.10 Å². The first kappa shape index (κ1) is 20.6. The third kappa shape index (κ3) is 4.56. The second-order valence-electron chi connectivity index (χ2n) is 7.90. The van der Waals surface area contributed by atoms with Crippen molar-refractivity contribution in [2.75, 3.05) is 22.9 Å². The number of hydrogen-bond acceptors (Lipinski definition) is 7. The fraction of sp³-hybridized carbons (Fsp3) is 0.524. The van der Waals surface area contributed by atoms with Gasteiger partial charge in [0, 0.05) is 26.1 Å². The molecular weight excluding hydrogens is 402 g/mol. The molecule has 0 spiro atoms. The second kappa shape index (κ2) is 8.99. The number of anilines is 2. The molecule has 160 valence electrons. The van der Waals surface area contributed by atoms with Crippen molar-refractivity contribution in [3.05, 3.63) is 29.8 Å². The van der Waals surface area contributed by atoms with E-state index in [9.17, 15) is 9.59 Å². The molecule has 1 aromatic carbocycles. The van der Waals surface area contributed by atoms with Crippen LogP contribution >= 0.6 is 11.3 Å². The van der Waals surface area contributed by atoms with Gasteiger partial charge in [-0.25, -0.2) is 0 Å². The van der Waals surface area contributed by atoms with Crippen molar-refractivity contribution in [2.24, 2.45) is 0 Å². The van der Waals surface area contributed by atoms with E-state index < -0.39 is 0 Å². The number of nitrogens with one attached hydrogen (secondary N) is 1. The minimum Gasteiger partial charge on any atom is -0.491 e. The van der Waals surface area contributed by atoms with E-state index in [0.717, 1.165) is 37.1 Å². The summed E-state index contributed by atoms with van der Waals surface area (Å²) in [7, 11) is 0. The molecule has 0 bridgehead atoms. The first-order chi connectivity index (χ1) is 14.5. The Balaban J connectivity index is 1.36. The molecule has 0 unspecified atom stereocenters. The molecule has 1 atom stereocenters. The van der Waals surface area contributed by atoms with Crippen LogP contribution < -0.4 is 19.9 Å². The summed E-state index contributed by atoms with van der Waals surface area (Å²) in [6.07, 6.45) is 3.26. The first-order valence-electron chi connectivity index (χ1n) is 10.4. The van der Waals surface area contributed by atoms with Crippen LogP contribution in [0.2, 0.25) is 0 Å². The molecule has 2 aliphatic heterocycles. The molecule has 1 N–H and O–H groups in total. The summed E-state index contributed by atoms with van der Waals surface area (Å²) in [5.41, 5.74) is 1.02. The first-order valence-corrected chi connectivity index (χ1v) is 11.3. The Kier molecular flexibility index (Phi) is 6.17. The summed E-state index contributed by atoms with van der Waals surface area (Å²) in [6, 6.07) is 7.52. The summed E-state index contributed by atoms with van der Waals surface area (Å²) in [5, 5.41) is 12.8. The predicted molar refractivity (Wildman–Crippen MR) is 116 cm³/mol. The minimum absolute atomic E-state index is 0.0102. The topological polar surface area (TPSA) is 87.7 Å². The standard InChI is InChI=1S/C21H27N5O3S/c1-14(2)29-16-9-7-15(8-10-16)13-22-19(28)17-5-3-11-25(17)20-23-24-21(30-20)26-12-4-6-18(26)27/h7-10,14,17H,3-6,11-13H2,1-2H3,(H,22,28)/t17-/m1/s1. The van der Waals surface area contributed by atoms with Crippen molar-refractivity contribution in [3.63, 3.8) is 0 Å². The monoisotopic (exact) mass is 429 g/mol. The normalized spacial score (nSPS) is 19.0. The Morgan fingerprint density at radius 1 is 1.20 bits per heavy atom. The molecule has 0 radical (unpaired) electrons. The summed E-state index contributed by atoms with van der Waals surface area (Å²) < 4.78 is 5.65. The molecular formula is C21H27N5O3S. The number of aromatic nitrogens is 2. The van der Waals surface area contributed by atoms with Gasteiger partial charge in [0.25, 0.3) is 0 Å². The van der Waals surface area contributed by atoms with Gasteiger partial charge in [-0.15, -0.1) is 10.2 Å². The van der Waals surface area contributed by atoms with Crippen molar-refractivity contribution in [1.29, 1.82) is 0 Å². The maximum atomic E-state index is 12.8. The number of carbonyl (C=O) groups excluding carboxylic acids is 2. The van der Waals surface area contributed by atoms with Crippen molar-refractivity contribution >= 4 is 33.4 Å². The van der Waals surface area contributed by atoms with E-state index in [0.29, 0.717) is 29.8 Å². The highest BCUT2D eigenvalue weighted by atomic mass is 32.1. The molecule has 2 saturated heterocycles. The van der Waals surface area contributed by atoms with E-state index in [-0.39, 0.29) is 24.0 Å². The third-order valence-electron chi connectivity index (χ3n) is 5.27. The molecule has 9 heteroatoms. The molecule has 1 aromatic heterocycles. The smallest absolute Gasteiger partial charge is 0.243 e. The van der Waals surface area contributed by atoms with Gasteiger partial charge in [-0.05, 0) is 50.8 Å². The molecule has 8 nitrogen and oxygen atoms in total. The van der Waals surface area contributed by atoms with E-state index in [2.05, 4.69) is 15.5 Å². The predicted octanol–water partition coefficient (Wildman–Crippen LogP) is 2.74. The third-order valence-corrected chi connectivity index (χ3v) is 6.25. The van der Waals surface area contributed by atoms with Crippen LogP contribution in [-0.2, 0) is 16.1 Å². The van der Waals surface area contributed by atoms with Gasteiger partial charge in [0.15, 0.2) is 0 Å². The summed E-state index contributed by atoms with van der Waals surface area (Å²) >= 11 is 1.39. The van der Waals surface area contributed by atoms with Gasteiger partial charge in [0.1, 0.15) is 11.8 Å². The van der Waals surface area contributed by atoms with E-state index in [1.807, 2.05) is 43.0 Å². The fourth-order valence-corrected chi connectivity index (χ4v) is 4.78. The van der Waals surface area contributed by atoms with Gasteiger partial charge in [-0.1, -0.05) is 23.5 Å². The van der Waals surface area contributed by atoms with Gasteiger partial charge < -0.3 is 15.0 Å². The van der Waals surface area contributed by atoms with E-state index in [1.165, 1.54) is 11.3 Å². The number of ether oxygens (including phenoxy) is 1. The fourth-order valence-electron chi connectivity index (χ4n) is 3.82. The molecule has 2 aliphatic rings. The number of benzene rings is 1. The maximum absolute atomic E-state index is 12.8. The van der Waals surface area contributed by atoms with Crippen LogP contribution in [0.15, 0.2) is 24.3 Å². The quantitative estimate of drug-likeness (QED) is 0.728. The van der Waals surface area contributed by atoms with Crippen molar-refractivity contribution in [3.8, 4) is 5.75 Å². The molecule has 2 aromatic rings. The van der Waals surface area contributed by atoms with Crippen LogP contribution in [0, 0.1) is 0 Å². The Morgan fingerprint density at radius 3 is 2.67 bits per heavy atom. The Hall–Kier alpha value is -2.68. The number of carbonyl (C=O) groups is 2. The van der Waals surface area contributed by atoms with Crippen LogP contribution in [0.25, 0.3) is 0 Å². The van der Waals surface area contributed by atoms with E-state index >= 15 is 0 Å². The van der Waals surface area contributed by atoms with E-state index in [1.54, 1.807) is 4.90 Å². The zero-order valence-corrected chi connectivity index (χ0v) is 18.2. The van der Waals surface area contributed by atoms with E-state index in [4.69, 9.17) is 4.74 Å². The van der Waals surface area contributed by atoms with Crippen molar-refractivity contribution < 1.29 is 14.3 Å². The highest BCUT2D eigenvalue weighted by Gasteiger charge is 2.34. The summed E-state index contributed by atoms with van der Waals surface area (Å²) in [5.74, 6) is 0.910. The van der Waals surface area contributed by atoms with Crippen LogP contribution in [0.1, 0.15) is 45.1 Å². The highest BCUT2D eigenvalue weighted by Crippen LogP contribution is 2.33. The lowest BCUT2D eigenvalue weighted by molar-refractivity contribution is -0.122. The lowest BCUT2D eigenvalue weighted by Gasteiger charge is -2.22. The van der Waals surface area contributed by atoms with Crippen molar-refractivity contribution in [1.82, 2.24) is 15.5 Å². The van der Waals surface area contributed by atoms with Crippen LogP contribution in [0.5, 0.6) is 5.75 Å². The SMILES string of the molecule is CC(C)Oc1ccc(CNC(=O)[C@H]2CCCN2c2nnc(N3CCCC3=O)s2)cc1. The number of nitrogens with zero attached hydrogens (tertiary/aromatic N) is 4. The van der Waals surface area contributed by atoms with Gasteiger partial charge in [0.2, 0.25) is 22.1 Å². The molecule has 4 rings (SSSR count). The molecule has 0 aliphatic carbocycles. The molecule has 2 fully saturated rings.